The van der Waals surface area contributed by atoms with Crippen LogP contribution in [0.25, 0.3) is 0 Å². The predicted octanol–water partition coefficient (Wildman–Crippen LogP) is 3.43. The number of nitrogens with zero attached hydrogens (tertiary/aromatic N) is 2. The zero-order valence-electron chi connectivity index (χ0n) is 17.4. The molecule has 1 aromatic rings. The quantitative estimate of drug-likeness (QED) is 0.587. The zero-order chi connectivity index (χ0) is 19.6. The summed E-state index contributed by atoms with van der Waals surface area (Å²) in [6, 6.07) is 7.84. The van der Waals surface area contributed by atoms with Gasteiger partial charge in [-0.3, -0.25) is 9.69 Å². The van der Waals surface area contributed by atoms with E-state index in [0.717, 1.165) is 63.5 Å². The molecule has 152 valence electrons. The summed E-state index contributed by atoms with van der Waals surface area (Å²) in [6.07, 6.45) is 1.35. The average molecular weight is 377 g/mol. The van der Waals surface area contributed by atoms with Crippen molar-refractivity contribution in [3.8, 4) is 0 Å². The Kier molecular flexibility index (Phi) is 9.25. The highest BCUT2D eigenvalue weighted by Crippen LogP contribution is 2.12. The highest BCUT2D eigenvalue weighted by Gasteiger charge is 2.21. The minimum Gasteiger partial charge on any atom is -0.379 e. The van der Waals surface area contributed by atoms with Gasteiger partial charge >= 0.3 is 0 Å². The van der Waals surface area contributed by atoms with Crippen molar-refractivity contribution in [1.29, 1.82) is 0 Å². The molecule has 1 aromatic carbocycles. The van der Waals surface area contributed by atoms with Crippen molar-refractivity contribution in [1.82, 2.24) is 9.80 Å². The Hall–Kier alpha value is -1.43. The van der Waals surface area contributed by atoms with Crippen LogP contribution in [0.15, 0.2) is 24.3 Å². The Balaban J connectivity index is 1.72. The molecule has 0 unspecified atom stereocenters. The number of rotatable bonds is 10. The number of carbonyl (C=O) groups is 1. The van der Waals surface area contributed by atoms with E-state index in [-0.39, 0.29) is 5.91 Å². The van der Waals surface area contributed by atoms with Crippen LogP contribution < -0.4 is 0 Å². The van der Waals surface area contributed by atoms with Crippen molar-refractivity contribution >= 4 is 5.91 Å². The molecular weight excluding hydrogens is 340 g/mol. The summed E-state index contributed by atoms with van der Waals surface area (Å²) < 4.78 is 11.2. The molecule has 0 radical (unpaired) electrons. The molecule has 1 fully saturated rings. The molecule has 0 aromatic heterocycles. The van der Waals surface area contributed by atoms with Crippen molar-refractivity contribution < 1.29 is 14.3 Å². The Bertz CT molecular complexity index is 549. The Labute approximate surface area is 164 Å². The number of carbonyl (C=O) groups excluding carboxylic acids is 1. The molecule has 1 saturated heterocycles. The summed E-state index contributed by atoms with van der Waals surface area (Å²) in [5.74, 6) is 0.666. The molecule has 5 nitrogen and oxygen atoms in total. The summed E-state index contributed by atoms with van der Waals surface area (Å²) in [7, 11) is 0. The first-order chi connectivity index (χ1) is 13.0. The van der Waals surface area contributed by atoms with Crippen molar-refractivity contribution in [2.75, 3.05) is 45.9 Å². The summed E-state index contributed by atoms with van der Waals surface area (Å²) in [4.78, 5) is 17.1. The lowest BCUT2D eigenvalue weighted by Crippen LogP contribution is -2.49. The van der Waals surface area contributed by atoms with Gasteiger partial charge in [0.25, 0.3) is 5.91 Å². The van der Waals surface area contributed by atoms with Gasteiger partial charge in [-0.1, -0.05) is 26.0 Å². The van der Waals surface area contributed by atoms with E-state index in [9.17, 15) is 4.79 Å². The maximum absolute atomic E-state index is 12.7. The van der Waals surface area contributed by atoms with Crippen molar-refractivity contribution in [3.05, 3.63) is 35.4 Å². The highest BCUT2D eigenvalue weighted by molar-refractivity contribution is 5.94. The van der Waals surface area contributed by atoms with E-state index in [2.05, 4.69) is 32.6 Å². The number of amides is 1. The number of hydrogen-bond acceptors (Lipinski definition) is 4. The Morgan fingerprint density at radius 3 is 2.30 bits per heavy atom. The standard InChI is InChI=1S/C22H36N2O3/c1-18(2)16-26-17-20-6-8-21(9-7-20)22(25)24-13-11-23(12-14-24)10-5-15-27-19(3)4/h6-9,18-19H,5,10-17H2,1-4H3. The van der Waals surface area contributed by atoms with Gasteiger partial charge in [-0.15, -0.1) is 0 Å². The van der Waals surface area contributed by atoms with E-state index < -0.39 is 0 Å². The molecule has 0 aliphatic carbocycles. The van der Waals surface area contributed by atoms with Gasteiger partial charge in [0.2, 0.25) is 0 Å². The predicted molar refractivity (Wildman–Crippen MR) is 109 cm³/mol. The summed E-state index contributed by atoms with van der Waals surface area (Å²) >= 11 is 0. The average Bonchev–Trinajstić information content (AvgIpc) is 2.65. The van der Waals surface area contributed by atoms with Crippen LogP contribution in [0, 0.1) is 5.92 Å². The first-order valence-corrected chi connectivity index (χ1v) is 10.3. The van der Waals surface area contributed by atoms with Crippen LogP contribution >= 0.6 is 0 Å². The highest BCUT2D eigenvalue weighted by atomic mass is 16.5. The first kappa shape index (κ1) is 21.9. The molecule has 0 spiro atoms. The number of hydrogen-bond donors (Lipinski definition) is 0. The lowest BCUT2D eigenvalue weighted by molar-refractivity contribution is 0.0545. The van der Waals surface area contributed by atoms with E-state index in [4.69, 9.17) is 9.47 Å². The third-order valence-corrected chi connectivity index (χ3v) is 4.65. The fraction of sp³-hybridized carbons (Fsp3) is 0.682. The van der Waals surface area contributed by atoms with Crippen LogP contribution in [-0.4, -0.2) is 67.7 Å². The molecular formula is C22H36N2O3. The second-order valence-corrected chi connectivity index (χ2v) is 8.01. The summed E-state index contributed by atoms with van der Waals surface area (Å²) in [5, 5.41) is 0. The summed E-state index contributed by atoms with van der Waals surface area (Å²) in [6.45, 7) is 15.1. The number of piperazine rings is 1. The minimum atomic E-state index is 0.132. The van der Waals surface area contributed by atoms with Gasteiger partial charge in [-0.05, 0) is 43.9 Å². The molecule has 1 amide bonds. The second-order valence-electron chi connectivity index (χ2n) is 8.01. The lowest BCUT2D eigenvalue weighted by Gasteiger charge is -2.34. The van der Waals surface area contributed by atoms with E-state index in [0.29, 0.717) is 18.6 Å². The van der Waals surface area contributed by atoms with Gasteiger partial charge in [0.15, 0.2) is 0 Å². The van der Waals surface area contributed by atoms with E-state index in [1.54, 1.807) is 0 Å². The normalized spacial score (nSPS) is 15.7. The smallest absolute Gasteiger partial charge is 0.253 e. The van der Waals surface area contributed by atoms with Gasteiger partial charge in [0.1, 0.15) is 0 Å². The fourth-order valence-corrected chi connectivity index (χ4v) is 3.12. The number of benzene rings is 1. The molecule has 27 heavy (non-hydrogen) atoms. The van der Waals surface area contributed by atoms with Crippen LogP contribution in [0.4, 0.5) is 0 Å². The summed E-state index contributed by atoms with van der Waals surface area (Å²) in [5.41, 5.74) is 1.88. The van der Waals surface area contributed by atoms with Gasteiger partial charge in [0, 0.05) is 51.5 Å². The zero-order valence-corrected chi connectivity index (χ0v) is 17.4. The molecule has 5 heteroatoms. The van der Waals surface area contributed by atoms with Gasteiger partial charge in [-0.2, -0.15) is 0 Å². The molecule has 1 heterocycles. The van der Waals surface area contributed by atoms with Crippen LogP contribution in [0.2, 0.25) is 0 Å². The molecule has 1 aliphatic rings. The van der Waals surface area contributed by atoms with Crippen LogP contribution in [0.5, 0.6) is 0 Å². The lowest BCUT2D eigenvalue weighted by atomic mass is 10.1. The van der Waals surface area contributed by atoms with E-state index in [1.807, 2.05) is 29.2 Å². The second kappa shape index (κ2) is 11.4. The third kappa shape index (κ3) is 7.99. The third-order valence-electron chi connectivity index (χ3n) is 4.65. The Morgan fingerprint density at radius 2 is 1.70 bits per heavy atom. The fourth-order valence-electron chi connectivity index (χ4n) is 3.12. The molecule has 2 rings (SSSR count). The number of ether oxygens (including phenoxy) is 2. The van der Waals surface area contributed by atoms with Crippen LogP contribution in [0.1, 0.15) is 50.0 Å². The monoisotopic (exact) mass is 376 g/mol. The topological polar surface area (TPSA) is 42.0 Å². The van der Waals surface area contributed by atoms with Crippen molar-refractivity contribution in [2.45, 2.75) is 46.8 Å². The molecule has 0 atom stereocenters. The first-order valence-electron chi connectivity index (χ1n) is 10.3. The Morgan fingerprint density at radius 1 is 1.04 bits per heavy atom. The van der Waals surface area contributed by atoms with Gasteiger partial charge in [0.05, 0.1) is 12.7 Å². The van der Waals surface area contributed by atoms with Gasteiger partial charge in [-0.25, -0.2) is 0 Å². The molecule has 0 N–H and O–H groups in total. The maximum atomic E-state index is 12.7. The van der Waals surface area contributed by atoms with Crippen molar-refractivity contribution in [2.24, 2.45) is 5.92 Å². The van der Waals surface area contributed by atoms with Crippen LogP contribution in [0.3, 0.4) is 0 Å². The van der Waals surface area contributed by atoms with Crippen molar-refractivity contribution in [3.63, 3.8) is 0 Å². The SMILES string of the molecule is CC(C)COCc1ccc(C(=O)N2CCN(CCCOC(C)C)CC2)cc1. The minimum absolute atomic E-state index is 0.132. The molecule has 1 aliphatic heterocycles. The molecule has 0 saturated carbocycles. The van der Waals surface area contributed by atoms with Gasteiger partial charge < -0.3 is 14.4 Å². The largest absolute Gasteiger partial charge is 0.379 e. The maximum Gasteiger partial charge on any atom is 0.253 e. The molecule has 0 bridgehead atoms. The van der Waals surface area contributed by atoms with E-state index in [1.165, 1.54) is 0 Å². The van der Waals surface area contributed by atoms with Crippen LogP contribution in [-0.2, 0) is 16.1 Å². The van der Waals surface area contributed by atoms with E-state index >= 15 is 0 Å².